The van der Waals surface area contributed by atoms with Gasteiger partial charge in [0.1, 0.15) is 24.1 Å². The van der Waals surface area contributed by atoms with E-state index < -0.39 is 12.0 Å². The number of aryl methyl sites for hydroxylation is 1. The molecule has 9 heteroatoms. The van der Waals surface area contributed by atoms with Gasteiger partial charge in [0.25, 0.3) is 0 Å². The molecule has 2 aromatic heterocycles. The van der Waals surface area contributed by atoms with Crippen LogP contribution in [0, 0.1) is 24.7 Å². The summed E-state index contributed by atoms with van der Waals surface area (Å²) in [5, 5.41) is 14.7. The molecule has 4 atom stereocenters. The van der Waals surface area contributed by atoms with E-state index in [1.165, 1.54) is 16.5 Å². The molecule has 2 unspecified atom stereocenters. The highest BCUT2D eigenvalue weighted by atomic mass is 16.4. The third-order valence-electron chi connectivity index (χ3n) is 6.80. The topological polar surface area (TPSA) is 118 Å². The Morgan fingerprint density at radius 1 is 1.16 bits per heavy atom. The number of likely N-dealkylation sites (tertiary alicyclic amines) is 1. The number of amides is 1. The van der Waals surface area contributed by atoms with E-state index in [4.69, 9.17) is 0 Å². The van der Waals surface area contributed by atoms with Gasteiger partial charge in [0.2, 0.25) is 5.91 Å². The number of nitrogens with zero attached hydrogens (tertiary/aromatic N) is 5. The van der Waals surface area contributed by atoms with Crippen molar-refractivity contribution in [3.8, 4) is 11.1 Å². The molecule has 9 nitrogen and oxygen atoms in total. The van der Waals surface area contributed by atoms with Crippen LogP contribution in [0.25, 0.3) is 22.0 Å². The summed E-state index contributed by atoms with van der Waals surface area (Å²) < 4.78 is 1.50. The second-order valence-corrected chi connectivity index (χ2v) is 8.74. The van der Waals surface area contributed by atoms with E-state index in [0.29, 0.717) is 29.2 Å². The van der Waals surface area contributed by atoms with Crippen molar-refractivity contribution in [2.45, 2.75) is 33.4 Å². The Labute approximate surface area is 184 Å². The van der Waals surface area contributed by atoms with Crippen molar-refractivity contribution in [1.82, 2.24) is 24.6 Å². The average Bonchev–Trinajstić information content (AvgIpc) is 3.11. The minimum Gasteiger partial charge on any atom is -0.480 e. The van der Waals surface area contributed by atoms with Gasteiger partial charge in [-0.25, -0.2) is 14.8 Å². The molecule has 1 amide bonds. The van der Waals surface area contributed by atoms with Gasteiger partial charge >= 0.3 is 5.97 Å². The molecule has 1 aromatic carbocycles. The lowest BCUT2D eigenvalue weighted by molar-refractivity contribution is -0.150. The molecule has 2 fully saturated rings. The maximum absolute atomic E-state index is 13.0. The molecule has 1 N–H and O–H groups in total. The molecule has 3 heterocycles. The summed E-state index contributed by atoms with van der Waals surface area (Å²) in [5.41, 5.74) is 2.57. The number of rotatable bonds is 5. The number of fused-ring (bicyclic) bond motifs is 2. The van der Waals surface area contributed by atoms with Gasteiger partial charge in [-0.3, -0.25) is 14.3 Å². The number of hydrogen-bond donors (Lipinski definition) is 1. The zero-order chi connectivity index (χ0) is 22.7. The van der Waals surface area contributed by atoms with Crippen molar-refractivity contribution < 1.29 is 19.5 Å². The Morgan fingerprint density at radius 3 is 2.53 bits per heavy atom. The Balaban J connectivity index is 1.48. The molecule has 0 radical (unpaired) electrons. The molecule has 0 bridgehead atoms. The molecular weight excluding hydrogens is 410 g/mol. The van der Waals surface area contributed by atoms with Crippen molar-refractivity contribution in [2.24, 2.45) is 17.8 Å². The van der Waals surface area contributed by atoms with Crippen molar-refractivity contribution in [3.05, 3.63) is 42.1 Å². The number of hydrogen-bond acceptors (Lipinski definition) is 6. The molecule has 5 rings (SSSR count). The maximum Gasteiger partial charge on any atom is 0.326 e. The third kappa shape index (κ3) is 3.16. The molecule has 1 aliphatic heterocycles. The van der Waals surface area contributed by atoms with Crippen LogP contribution in [0.15, 0.2) is 30.6 Å². The van der Waals surface area contributed by atoms with E-state index in [1.54, 1.807) is 19.3 Å². The van der Waals surface area contributed by atoms with E-state index >= 15 is 0 Å². The number of benzene rings is 1. The number of aliphatic carboxylic acids is 1. The summed E-state index contributed by atoms with van der Waals surface area (Å²) in [6, 6.07) is 4.75. The van der Waals surface area contributed by atoms with E-state index in [9.17, 15) is 19.5 Å². The van der Waals surface area contributed by atoms with Crippen molar-refractivity contribution in [2.75, 3.05) is 6.54 Å². The molecular formula is C23H23N5O4. The Hall–Kier alpha value is -3.62. The van der Waals surface area contributed by atoms with Crippen molar-refractivity contribution in [3.63, 3.8) is 0 Å². The molecule has 1 saturated heterocycles. The normalized spacial score (nSPS) is 23.9. The molecule has 164 valence electrons. The summed E-state index contributed by atoms with van der Waals surface area (Å²) in [5.74, 6) is -0.196. The Bertz CT molecular complexity index is 1270. The number of ketones is 1. The first-order valence-corrected chi connectivity index (χ1v) is 10.6. The maximum atomic E-state index is 13.0. The molecule has 1 aliphatic carbocycles. The highest BCUT2D eigenvalue weighted by Crippen LogP contribution is 2.55. The largest absolute Gasteiger partial charge is 0.480 e. The second kappa shape index (κ2) is 7.22. The standard InChI is InChI=1S/C23H23N5O4/c1-11-17-9-27(22(20(11)17)23(31)32)19(30)10-28-18-5-4-14(15-7-24-13(3)25-8-15)6-16(18)21(26-28)12(2)29/h4-8,11,17,20,22H,9-10H2,1-3H3,(H,31,32)/t11-,17?,20?,22+/m1/s1. The highest BCUT2D eigenvalue weighted by Gasteiger charge is 2.62. The van der Waals surface area contributed by atoms with Gasteiger partial charge in [0.15, 0.2) is 5.78 Å². The SMILES string of the molecule is CC(=O)c1nn(CC(=O)N2CC3C([C@@H]3C)[C@H]2C(=O)O)c2ccc(-c3cnc(C)nc3)cc12. The van der Waals surface area contributed by atoms with Crippen LogP contribution in [-0.2, 0) is 16.1 Å². The van der Waals surface area contributed by atoms with E-state index in [-0.39, 0.29) is 35.8 Å². The van der Waals surface area contributed by atoms with Crippen LogP contribution in [0.2, 0.25) is 0 Å². The first-order valence-electron chi connectivity index (χ1n) is 10.6. The van der Waals surface area contributed by atoms with Crippen LogP contribution in [0.1, 0.15) is 30.2 Å². The first kappa shape index (κ1) is 20.3. The minimum absolute atomic E-state index is 0.0258. The molecule has 2 aliphatic rings. The lowest BCUT2D eigenvalue weighted by Gasteiger charge is -2.25. The number of carboxylic acids is 1. The zero-order valence-corrected chi connectivity index (χ0v) is 18.0. The van der Waals surface area contributed by atoms with E-state index in [2.05, 4.69) is 15.1 Å². The smallest absolute Gasteiger partial charge is 0.326 e. The number of Topliss-reactive ketones (excluding diaryl/α,β-unsaturated/α-hetero) is 1. The fourth-order valence-electron chi connectivity index (χ4n) is 4.99. The van der Waals surface area contributed by atoms with Gasteiger partial charge in [-0.15, -0.1) is 0 Å². The minimum atomic E-state index is -0.963. The predicted octanol–water partition coefficient (Wildman–Crippen LogP) is 2.18. The number of aromatic nitrogens is 4. The summed E-state index contributed by atoms with van der Waals surface area (Å²) in [6.45, 7) is 5.61. The van der Waals surface area contributed by atoms with Gasteiger partial charge in [-0.2, -0.15) is 5.10 Å². The van der Waals surface area contributed by atoms with Crippen LogP contribution in [-0.4, -0.2) is 60.0 Å². The summed E-state index contributed by atoms with van der Waals surface area (Å²) >= 11 is 0. The highest BCUT2D eigenvalue weighted by molar-refractivity contribution is 6.06. The fourth-order valence-corrected chi connectivity index (χ4v) is 4.99. The van der Waals surface area contributed by atoms with Crippen molar-refractivity contribution >= 4 is 28.6 Å². The van der Waals surface area contributed by atoms with Gasteiger partial charge < -0.3 is 10.0 Å². The molecule has 32 heavy (non-hydrogen) atoms. The van der Waals surface area contributed by atoms with Crippen molar-refractivity contribution in [1.29, 1.82) is 0 Å². The number of piperidine rings is 1. The van der Waals surface area contributed by atoms with Gasteiger partial charge in [-0.1, -0.05) is 13.0 Å². The lowest BCUT2D eigenvalue weighted by Crippen LogP contribution is -2.45. The van der Waals surface area contributed by atoms with Crippen LogP contribution in [0.4, 0.5) is 0 Å². The lowest BCUT2D eigenvalue weighted by atomic mass is 10.0. The van der Waals surface area contributed by atoms with Gasteiger partial charge in [0.05, 0.1) is 5.52 Å². The van der Waals surface area contributed by atoms with Crippen LogP contribution >= 0.6 is 0 Å². The quantitative estimate of drug-likeness (QED) is 0.613. The number of carboxylic acid groups (broad SMARTS) is 1. The van der Waals surface area contributed by atoms with Crippen LogP contribution in [0.3, 0.4) is 0 Å². The van der Waals surface area contributed by atoms with Crippen LogP contribution < -0.4 is 0 Å². The summed E-state index contributed by atoms with van der Waals surface area (Å²) in [4.78, 5) is 47.0. The predicted molar refractivity (Wildman–Crippen MR) is 115 cm³/mol. The molecule has 0 spiro atoms. The van der Waals surface area contributed by atoms with E-state index in [0.717, 1.165) is 11.1 Å². The number of carbonyl (C=O) groups is 3. The fraction of sp³-hybridized carbons (Fsp3) is 0.391. The van der Waals surface area contributed by atoms with Crippen LogP contribution in [0.5, 0.6) is 0 Å². The second-order valence-electron chi connectivity index (χ2n) is 8.74. The Kier molecular flexibility index (Phi) is 4.58. The number of carbonyl (C=O) groups excluding carboxylic acids is 2. The van der Waals surface area contributed by atoms with Gasteiger partial charge in [-0.05, 0) is 42.4 Å². The molecule has 1 saturated carbocycles. The Morgan fingerprint density at radius 2 is 1.88 bits per heavy atom. The summed E-state index contributed by atoms with van der Waals surface area (Å²) in [7, 11) is 0. The average molecular weight is 433 g/mol. The monoisotopic (exact) mass is 433 g/mol. The zero-order valence-electron chi connectivity index (χ0n) is 18.0. The first-order chi connectivity index (χ1) is 15.3. The molecule has 3 aromatic rings. The van der Waals surface area contributed by atoms with E-state index in [1.807, 2.05) is 25.1 Å². The summed E-state index contributed by atoms with van der Waals surface area (Å²) in [6.07, 6.45) is 3.44. The van der Waals surface area contributed by atoms with Gasteiger partial charge in [0, 0.05) is 36.8 Å². The third-order valence-corrected chi connectivity index (χ3v) is 6.80.